The molecule has 6 heteroatoms. The number of carbonyl (C=O) groups is 2. The summed E-state index contributed by atoms with van der Waals surface area (Å²) in [5, 5.41) is 6.61. The lowest BCUT2D eigenvalue weighted by Crippen LogP contribution is -2.54. The van der Waals surface area contributed by atoms with Crippen LogP contribution in [0, 0.1) is 11.8 Å². The minimum Gasteiger partial charge on any atom is -0.378 e. The number of carbonyl (C=O) groups excluding carboxylic acids is 2. The van der Waals surface area contributed by atoms with Crippen LogP contribution < -0.4 is 5.32 Å². The average Bonchev–Trinajstić information content (AvgIpc) is 2.95. The fourth-order valence-corrected chi connectivity index (χ4v) is 3.02. The van der Waals surface area contributed by atoms with Crippen molar-refractivity contribution in [2.45, 2.75) is 58.6 Å². The molecule has 6 nitrogen and oxygen atoms in total. The Morgan fingerprint density at radius 3 is 2.62 bits per heavy atom. The van der Waals surface area contributed by atoms with Gasteiger partial charge in [0.05, 0.1) is 11.6 Å². The monoisotopic (exact) mass is 295 g/mol. The molecule has 1 aliphatic carbocycles. The van der Waals surface area contributed by atoms with Gasteiger partial charge in [-0.3, -0.25) is 10.1 Å². The van der Waals surface area contributed by atoms with Crippen LogP contribution in [0.4, 0.5) is 4.79 Å². The summed E-state index contributed by atoms with van der Waals surface area (Å²) in [6, 6.07) is -0.363. The highest BCUT2D eigenvalue weighted by molar-refractivity contribution is 6.04. The molecule has 0 radical (unpaired) electrons. The Morgan fingerprint density at radius 2 is 2.05 bits per heavy atom. The van der Waals surface area contributed by atoms with E-state index in [9.17, 15) is 9.59 Å². The van der Waals surface area contributed by atoms with Crippen molar-refractivity contribution in [2.24, 2.45) is 17.0 Å². The van der Waals surface area contributed by atoms with Crippen molar-refractivity contribution in [2.75, 3.05) is 7.05 Å². The van der Waals surface area contributed by atoms with Crippen molar-refractivity contribution in [3.8, 4) is 0 Å². The van der Waals surface area contributed by atoms with Crippen molar-refractivity contribution in [1.29, 1.82) is 0 Å². The molecular formula is C15H25N3O3. The summed E-state index contributed by atoms with van der Waals surface area (Å²) in [6.45, 7) is 7.89. The van der Waals surface area contributed by atoms with E-state index in [2.05, 4.69) is 10.5 Å². The second-order valence-corrected chi connectivity index (χ2v) is 6.56. The number of fused-ring (bicyclic) bond motifs is 1. The quantitative estimate of drug-likeness (QED) is 0.867. The number of amides is 3. The lowest BCUT2D eigenvalue weighted by atomic mass is 9.83. The highest BCUT2D eigenvalue weighted by Crippen LogP contribution is 2.45. The number of nitrogens with one attached hydrogen (secondary N) is 1. The maximum absolute atomic E-state index is 12.6. The highest BCUT2D eigenvalue weighted by atomic mass is 16.7. The zero-order valence-electron chi connectivity index (χ0n) is 13.5. The van der Waals surface area contributed by atoms with Crippen LogP contribution in [0.15, 0.2) is 5.16 Å². The molecule has 0 bridgehead atoms. The van der Waals surface area contributed by atoms with Crippen molar-refractivity contribution >= 4 is 17.6 Å². The molecule has 21 heavy (non-hydrogen) atoms. The van der Waals surface area contributed by atoms with Gasteiger partial charge in [-0.25, -0.2) is 4.79 Å². The number of oxime groups is 1. The molecule has 2 aliphatic rings. The van der Waals surface area contributed by atoms with E-state index in [0.29, 0.717) is 6.42 Å². The predicted octanol–water partition coefficient (Wildman–Crippen LogP) is 2.14. The third kappa shape index (κ3) is 2.63. The molecule has 1 saturated carbocycles. The van der Waals surface area contributed by atoms with Gasteiger partial charge in [0.2, 0.25) is 5.60 Å². The maximum atomic E-state index is 12.6. The molecule has 1 N–H and O–H groups in total. The van der Waals surface area contributed by atoms with Gasteiger partial charge >= 0.3 is 6.03 Å². The molecule has 2 unspecified atom stereocenters. The molecular weight excluding hydrogens is 270 g/mol. The molecule has 0 saturated heterocycles. The Bertz CT molecular complexity index is 473. The van der Waals surface area contributed by atoms with Gasteiger partial charge in [-0.2, -0.15) is 0 Å². The second kappa shape index (κ2) is 5.66. The largest absolute Gasteiger partial charge is 0.378 e. The molecule has 0 aromatic rings. The number of nitrogens with zero attached hydrogens (tertiary/aromatic N) is 2. The van der Waals surface area contributed by atoms with Gasteiger partial charge in [0.1, 0.15) is 0 Å². The fourth-order valence-electron chi connectivity index (χ4n) is 3.02. The standard InChI is InChI=1S/C15H25N3O3/c1-9(2)12-11-7-6-8-15(11,21-17-12)13(19)16-14(20)18(5)10(3)4/h9-11H,6-8H2,1-5H3,(H,16,19,20). The zero-order chi connectivity index (χ0) is 15.8. The van der Waals surface area contributed by atoms with E-state index >= 15 is 0 Å². The van der Waals surface area contributed by atoms with Crippen LogP contribution in [0.5, 0.6) is 0 Å². The molecule has 2 rings (SSSR count). The van der Waals surface area contributed by atoms with Crippen LogP contribution in [-0.2, 0) is 9.63 Å². The van der Waals surface area contributed by atoms with Crippen LogP contribution >= 0.6 is 0 Å². The minimum absolute atomic E-state index is 0.00495. The summed E-state index contributed by atoms with van der Waals surface area (Å²) in [5.74, 6) is -0.117. The summed E-state index contributed by atoms with van der Waals surface area (Å²) >= 11 is 0. The first kappa shape index (κ1) is 15.8. The Kier molecular flexibility index (Phi) is 4.25. The molecule has 1 heterocycles. The number of imide groups is 1. The van der Waals surface area contributed by atoms with Crippen molar-refractivity contribution in [1.82, 2.24) is 10.2 Å². The first-order valence-corrected chi connectivity index (χ1v) is 7.63. The molecule has 0 aromatic carbocycles. The summed E-state index contributed by atoms with van der Waals surface area (Å²) < 4.78 is 0. The molecule has 2 atom stereocenters. The van der Waals surface area contributed by atoms with Gasteiger partial charge < -0.3 is 9.74 Å². The van der Waals surface area contributed by atoms with Gasteiger partial charge in [-0.1, -0.05) is 19.0 Å². The normalized spacial score (nSPS) is 27.4. The van der Waals surface area contributed by atoms with E-state index in [1.165, 1.54) is 4.90 Å². The van der Waals surface area contributed by atoms with E-state index in [0.717, 1.165) is 18.6 Å². The first-order valence-electron chi connectivity index (χ1n) is 7.63. The first-order chi connectivity index (χ1) is 9.79. The lowest BCUT2D eigenvalue weighted by Gasteiger charge is -2.28. The Labute approximate surface area is 125 Å². The van der Waals surface area contributed by atoms with Gasteiger partial charge in [0, 0.05) is 13.1 Å². The number of hydrogen-bond acceptors (Lipinski definition) is 4. The topological polar surface area (TPSA) is 71.0 Å². The maximum Gasteiger partial charge on any atom is 0.324 e. The van der Waals surface area contributed by atoms with Crippen molar-refractivity contribution in [3.05, 3.63) is 0 Å². The van der Waals surface area contributed by atoms with Crippen LogP contribution in [0.25, 0.3) is 0 Å². The third-order valence-electron chi connectivity index (χ3n) is 4.57. The van der Waals surface area contributed by atoms with Crippen LogP contribution in [0.2, 0.25) is 0 Å². The average molecular weight is 295 g/mol. The van der Waals surface area contributed by atoms with Crippen LogP contribution in [-0.4, -0.2) is 41.2 Å². The Balaban J connectivity index is 2.11. The fraction of sp³-hybridized carbons (Fsp3) is 0.800. The summed E-state index contributed by atoms with van der Waals surface area (Å²) in [6.07, 6.45) is 2.42. The van der Waals surface area contributed by atoms with Crippen molar-refractivity contribution in [3.63, 3.8) is 0 Å². The molecule has 0 aromatic heterocycles. The number of hydrogen-bond donors (Lipinski definition) is 1. The van der Waals surface area contributed by atoms with E-state index in [1.807, 2.05) is 27.7 Å². The molecule has 3 amide bonds. The van der Waals surface area contributed by atoms with Gasteiger partial charge in [-0.05, 0) is 39.0 Å². The Hall–Kier alpha value is -1.59. The van der Waals surface area contributed by atoms with Crippen LogP contribution in [0.3, 0.4) is 0 Å². The van der Waals surface area contributed by atoms with E-state index in [1.54, 1.807) is 7.05 Å². The number of urea groups is 1. The van der Waals surface area contributed by atoms with Gasteiger partial charge in [0.25, 0.3) is 5.91 Å². The van der Waals surface area contributed by atoms with E-state index in [4.69, 9.17) is 4.84 Å². The second-order valence-electron chi connectivity index (χ2n) is 6.56. The third-order valence-corrected chi connectivity index (χ3v) is 4.57. The minimum atomic E-state index is -0.979. The highest BCUT2D eigenvalue weighted by Gasteiger charge is 2.58. The smallest absolute Gasteiger partial charge is 0.324 e. The lowest BCUT2D eigenvalue weighted by molar-refractivity contribution is -0.145. The van der Waals surface area contributed by atoms with Crippen LogP contribution in [0.1, 0.15) is 47.0 Å². The molecule has 1 fully saturated rings. The zero-order valence-corrected chi connectivity index (χ0v) is 13.5. The van der Waals surface area contributed by atoms with Gasteiger partial charge in [0.15, 0.2) is 0 Å². The summed E-state index contributed by atoms with van der Waals surface area (Å²) in [7, 11) is 1.67. The van der Waals surface area contributed by atoms with E-state index in [-0.39, 0.29) is 23.8 Å². The van der Waals surface area contributed by atoms with Gasteiger partial charge in [-0.15, -0.1) is 0 Å². The summed E-state index contributed by atoms with van der Waals surface area (Å²) in [5.41, 5.74) is -0.0418. The van der Waals surface area contributed by atoms with Crippen molar-refractivity contribution < 1.29 is 14.4 Å². The Morgan fingerprint density at radius 1 is 1.38 bits per heavy atom. The SMILES string of the molecule is CC(C)C1=NOC2(C(=O)NC(=O)N(C)C(C)C)CCCC12. The van der Waals surface area contributed by atoms with E-state index < -0.39 is 11.6 Å². The molecule has 118 valence electrons. The summed E-state index contributed by atoms with van der Waals surface area (Å²) in [4.78, 5) is 31.7. The number of rotatable bonds is 3. The predicted molar refractivity (Wildman–Crippen MR) is 79.9 cm³/mol. The molecule has 0 spiro atoms. The molecule has 1 aliphatic heterocycles.